The predicted octanol–water partition coefficient (Wildman–Crippen LogP) is 2.78. The van der Waals surface area contributed by atoms with E-state index in [-0.39, 0.29) is 24.9 Å². The molecule has 4 nitrogen and oxygen atoms in total. The Labute approximate surface area is 140 Å². The van der Waals surface area contributed by atoms with Crippen LogP contribution < -0.4 is 11.1 Å². The Bertz CT molecular complexity index is 347. The average molecular weight is 331 g/mol. The highest BCUT2D eigenvalue weighted by Gasteiger charge is 2.39. The maximum absolute atomic E-state index is 12.2. The molecule has 0 saturated heterocycles. The first-order valence-corrected chi connectivity index (χ1v) is 8.89. The van der Waals surface area contributed by atoms with Crippen LogP contribution in [0.4, 0.5) is 0 Å². The third-order valence-electron chi connectivity index (χ3n) is 5.71. The fraction of sp³-hybridized carbons (Fsp3) is 0.941. The minimum absolute atomic E-state index is 0. The molecule has 2 atom stereocenters. The van der Waals surface area contributed by atoms with Crippen LogP contribution in [0.25, 0.3) is 0 Å². The van der Waals surface area contributed by atoms with E-state index in [0.717, 1.165) is 25.7 Å². The molecule has 22 heavy (non-hydrogen) atoms. The number of fused-ring (bicyclic) bond motifs is 2. The molecule has 3 fully saturated rings. The fourth-order valence-electron chi connectivity index (χ4n) is 4.68. The van der Waals surface area contributed by atoms with Gasteiger partial charge in [-0.1, -0.05) is 25.7 Å². The van der Waals surface area contributed by atoms with E-state index in [0.29, 0.717) is 30.0 Å². The van der Waals surface area contributed by atoms with Gasteiger partial charge in [-0.25, -0.2) is 0 Å². The summed E-state index contributed by atoms with van der Waals surface area (Å²) in [5, 5.41) is 3.26. The average Bonchev–Trinajstić information content (AvgIpc) is 2.47. The zero-order valence-electron chi connectivity index (χ0n) is 13.5. The van der Waals surface area contributed by atoms with Crippen LogP contribution in [0.5, 0.6) is 0 Å². The first kappa shape index (κ1) is 18.0. The van der Waals surface area contributed by atoms with Gasteiger partial charge in [0.25, 0.3) is 0 Å². The van der Waals surface area contributed by atoms with Crippen LogP contribution >= 0.6 is 12.4 Å². The quantitative estimate of drug-likeness (QED) is 0.833. The van der Waals surface area contributed by atoms with Crippen LogP contribution in [-0.4, -0.2) is 30.7 Å². The number of nitrogens with two attached hydrogens (primary N) is 1. The summed E-state index contributed by atoms with van der Waals surface area (Å²) in [5.74, 6) is 1.26. The van der Waals surface area contributed by atoms with E-state index in [1.54, 1.807) is 0 Å². The van der Waals surface area contributed by atoms with Crippen LogP contribution in [0, 0.1) is 11.8 Å². The lowest BCUT2D eigenvalue weighted by atomic mass is 9.67. The van der Waals surface area contributed by atoms with Gasteiger partial charge in [-0.2, -0.15) is 0 Å². The summed E-state index contributed by atoms with van der Waals surface area (Å²) in [7, 11) is 0. The van der Waals surface area contributed by atoms with E-state index in [1.165, 1.54) is 38.5 Å². The Kier molecular flexibility index (Phi) is 6.97. The lowest BCUT2D eigenvalue weighted by molar-refractivity contribution is -0.130. The van der Waals surface area contributed by atoms with E-state index < -0.39 is 0 Å². The molecule has 0 radical (unpaired) electrons. The van der Waals surface area contributed by atoms with Gasteiger partial charge in [0.1, 0.15) is 6.61 Å². The van der Waals surface area contributed by atoms with Gasteiger partial charge in [-0.05, 0) is 50.4 Å². The molecule has 3 N–H and O–H groups in total. The smallest absolute Gasteiger partial charge is 0.246 e. The summed E-state index contributed by atoms with van der Waals surface area (Å²) in [6, 6.07) is 0.688. The molecule has 3 rings (SSSR count). The largest absolute Gasteiger partial charge is 0.368 e. The molecule has 1 amide bonds. The van der Waals surface area contributed by atoms with Crippen molar-refractivity contribution in [2.75, 3.05) is 6.61 Å². The zero-order valence-corrected chi connectivity index (χ0v) is 14.3. The lowest BCUT2D eigenvalue weighted by Crippen LogP contribution is -2.54. The van der Waals surface area contributed by atoms with Gasteiger partial charge >= 0.3 is 0 Å². The van der Waals surface area contributed by atoms with Crippen LogP contribution in [0.3, 0.4) is 0 Å². The lowest BCUT2D eigenvalue weighted by Gasteiger charge is -2.45. The number of halogens is 1. The highest BCUT2D eigenvalue weighted by atomic mass is 35.5. The van der Waals surface area contributed by atoms with Gasteiger partial charge < -0.3 is 15.8 Å². The predicted molar refractivity (Wildman–Crippen MR) is 90.0 cm³/mol. The van der Waals surface area contributed by atoms with Gasteiger partial charge in [0.15, 0.2) is 0 Å². The molecule has 128 valence electrons. The molecular weight excluding hydrogens is 300 g/mol. The molecule has 3 aliphatic rings. The number of nitrogens with one attached hydrogen (secondary N) is 1. The highest BCUT2D eigenvalue weighted by molar-refractivity contribution is 5.85. The summed E-state index contributed by atoms with van der Waals surface area (Å²) in [6.45, 7) is 0.243. The number of amides is 1. The highest BCUT2D eigenvalue weighted by Crippen LogP contribution is 2.39. The summed E-state index contributed by atoms with van der Waals surface area (Å²) >= 11 is 0. The van der Waals surface area contributed by atoms with E-state index in [4.69, 9.17) is 10.5 Å². The van der Waals surface area contributed by atoms with Crippen molar-refractivity contribution in [1.82, 2.24) is 5.32 Å². The van der Waals surface area contributed by atoms with Crippen LogP contribution in [0.2, 0.25) is 0 Å². The number of rotatable bonds is 4. The molecule has 3 aliphatic carbocycles. The molecule has 0 aromatic carbocycles. The summed E-state index contributed by atoms with van der Waals surface area (Å²) in [5.41, 5.74) is 6.14. The van der Waals surface area contributed by atoms with Gasteiger partial charge in [-0.15, -0.1) is 12.4 Å². The SMILES string of the molecule is Cl.NC1CC2CCCC(C1)C2NC(=O)COC1CCCCC1. The maximum Gasteiger partial charge on any atom is 0.246 e. The minimum atomic E-state index is 0. The summed E-state index contributed by atoms with van der Waals surface area (Å²) < 4.78 is 5.79. The van der Waals surface area contributed by atoms with Crippen molar-refractivity contribution < 1.29 is 9.53 Å². The van der Waals surface area contributed by atoms with Gasteiger partial charge in [0, 0.05) is 12.1 Å². The molecule has 0 aliphatic heterocycles. The van der Waals surface area contributed by atoms with E-state index in [2.05, 4.69) is 5.32 Å². The molecular formula is C17H31ClN2O2. The van der Waals surface area contributed by atoms with Crippen molar-refractivity contribution in [3.05, 3.63) is 0 Å². The second kappa shape index (κ2) is 8.51. The van der Waals surface area contributed by atoms with Gasteiger partial charge in [0.2, 0.25) is 5.91 Å². The molecule has 2 unspecified atom stereocenters. The maximum atomic E-state index is 12.2. The van der Waals surface area contributed by atoms with Crippen molar-refractivity contribution in [2.24, 2.45) is 17.6 Å². The number of carbonyl (C=O) groups excluding carboxylic acids is 1. The Morgan fingerprint density at radius 3 is 2.27 bits per heavy atom. The third kappa shape index (κ3) is 4.59. The Morgan fingerprint density at radius 2 is 1.64 bits per heavy atom. The topological polar surface area (TPSA) is 64.3 Å². The standard InChI is InChI=1S/C17H30N2O2.ClH/c18-14-9-12-5-4-6-13(10-14)17(12)19-16(20)11-21-15-7-2-1-3-8-15;/h12-15,17H,1-11,18H2,(H,19,20);1H. The van der Waals surface area contributed by atoms with E-state index in [9.17, 15) is 4.79 Å². The van der Waals surface area contributed by atoms with Crippen molar-refractivity contribution >= 4 is 18.3 Å². The normalized spacial score (nSPS) is 35.5. The molecule has 0 aromatic heterocycles. The number of hydrogen-bond acceptors (Lipinski definition) is 3. The summed E-state index contributed by atoms with van der Waals surface area (Å²) in [6.07, 6.45) is 12.3. The van der Waals surface area contributed by atoms with Crippen LogP contribution in [0.15, 0.2) is 0 Å². The molecule has 0 spiro atoms. The van der Waals surface area contributed by atoms with Crippen molar-refractivity contribution in [3.8, 4) is 0 Å². The third-order valence-corrected chi connectivity index (χ3v) is 5.71. The van der Waals surface area contributed by atoms with Gasteiger partial charge in [0.05, 0.1) is 6.10 Å². The van der Waals surface area contributed by atoms with Crippen LogP contribution in [-0.2, 0) is 9.53 Å². The van der Waals surface area contributed by atoms with Crippen LogP contribution in [0.1, 0.15) is 64.2 Å². The summed E-state index contributed by atoms with van der Waals surface area (Å²) in [4.78, 5) is 12.2. The number of ether oxygens (including phenoxy) is 1. The second-order valence-corrected chi connectivity index (χ2v) is 7.35. The Balaban J connectivity index is 0.00000176. The Morgan fingerprint density at radius 1 is 1.00 bits per heavy atom. The minimum Gasteiger partial charge on any atom is -0.368 e. The molecule has 5 heteroatoms. The number of carbonyl (C=O) groups is 1. The molecule has 0 aromatic rings. The monoisotopic (exact) mass is 330 g/mol. The molecule has 0 heterocycles. The first-order chi connectivity index (χ1) is 10.2. The first-order valence-electron chi connectivity index (χ1n) is 8.89. The Hall–Kier alpha value is -0.320. The zero-order chi connectivity index (χ0) is 14.7. The van der Waals surface area contributed by atoms with Crippen molar-refractivity contribution in [2.45, 2.75) is 82.4 Å². The molecule has 2 bridgehead atoms. The molecule has 3 saturated carbocycles. The van der Waals surface area contributed by atoms with Crippen molar-refractivity contribution in [3.63, 3.8) is 0 Å². The van der Waals surface area contributed by atoms with E-state index in [1.807, 2.05) is 0 Å². The number of hydrogen-bond donors (Lipinski definition) is 2. The second-order valence-electron chi connectivity index (χ2n) is 7.35. The fourth-order valence-corrected chi connectivity index (χ4v) is 4.68. The van der Waals surface area contributed by atoms with Crippen molar-refractivity contribution in [1.29, 1.82) is 0 Å². The van der Waals surface area contributed by atoms with Gasteiger partial charge in [-0.3, -0.25) is 4.79 Å². The van der Waals surface area contributed by atoms with E-state index >= 15 is 0 Å².